The van der Waals surface area contributed by atoms with E-state index in [1.165, 1.54) is 7.05 Å². The van der Waals surface area contributed by atoms with E-state index in [4.69, 9.17) is 11.6 Å². The lowest BCUT2D eigenvalue weighted by molar-refractivity contribution is 0.590. The molecule has 0 amide bonds. The molecule has 2 N–H and O–H groups in total. The fourth-order valence-electron chi connectivity index (χ4n) is 0.653. The Morgan fingerprint density at radius 2 is 2.08 bits per heavy atom. The number of anilines is 1. The number of nitrogens with one attached hydrogen (secondary N) is 2. The Hall–Kier alpha value is -0.370. The first-order chi connectivity index (χ1) is 6.01. The molecule has 0 atom stereocenters. The van der Waals surface area contributed by atoms with E-state index in [-0.39, 0.29) is 9.36 Å². The first-order valence-electron chi connectivity index (χ1n) is 3.29. The molecule has 1 aromatic rings. The second-order valence-corrected chi connectivity index (χ2v) is 5.49. The largest absolute Gasteiger partial charge is 0.365 e. The Bertz CT molecular complexity index is 400. The Kier molecular flexibility index (Phi) is 3.12. The van der Waals surface area contributed by atoms with Gasteiger partial charge in [-0.05, 0) is 7.05 Å². The predicted octanol–water partition coefficient (Wildman–Crippen LogP) is 0.746. The number of aromatic nitrogens is 1. The molecule has 0 radical (unpaired) electrons. The molecule has 0 saturated heterocycles. The normalized spacial score (nSPS) is 11.6. The van der Waals surface area contributed by atoms with Crippen LogP contribution in [0, 0.1) is 0 Å². The fourth-order valence-corrected chi connectivity index (χ4v) is 3.13. The van der Waals surface area contributed by atoms with Gasteiger partial charge >= 0.3 is 0 Å². The van der Waals surface area contributed by atoms with Gasteiger partial charge in [-0.3, -0.25) is 0 Å². The summed E-state index contributed by atoms with van der Waals surface area (Å²) in [5.41, 5.74) is 0. The topological polar surface area (TPSA) is 71.1 Å². The Morgan fingerprint density at radius 1 is 1.46 bits per heavy atom. The van der Waals surface area contributed by atoms with Crippen LogP contribution < -0.4 is 10.0 Å². The number of halogens is 1. The summed E-state index contributed by atoms with van der Waals surface area (Å²) in [5, 5.41) is 3.18. The van der Waals surface area contributed by atoms with E-state index >= 15 is 0 Å². The van der Waals surface area contributed by atoms with Gasteiger partial charge in [-0.1, -0.05) is 22.9 Å². The molecule has 0 aliphatic heterocycles. The standard InChI is InChI=1S/C5H8ClN3O2S2/c1-7-5-9-3(6)4(12-5)13(10,11)8-2/h8H,1-2H3,(H,7,9). The predicted molar refractivity (Wildman–Crippen MR) is 52.9 cm³/mol. The van der Waals surface area contributed by atoms with Crippen LogP contribution in [0.4, 0.5) is 5.13 Å². The van der Waals surface area contributed by atoms with Crippen molar-refractivity contribution in [1.82, 2.24) is 9.71 Å². The summed E-state index contributed by atoms with van der Waals surface area (Å²) in [6.45, 7) is 0. The molecule has 1 heterocycles. The van der Waals surface area contributed by atoms with Crippen LogP contribution in [0.5, 0.6) is 0 Å². The highest BCUT2D eigenvalue weighted by Gasteiger charge is 2.20. The highest BCUT2D eigenvalue weighted by atomic mass is 35.5. The van der Waals surface area contributed by atoms with Crippen LogP contribution in [0.25, 0.3) is 0 Å². The van der Waals surface area contributed by atoms with Crippen LogP contribution in [0.1, 0.15) is 0 Å². The molecule has 0 unspecified atom stereocenters. The molecule has 0 aliphatic rings. The third-order valence-electron chi connectivity index (χ3n) is 1.28. The fraction of sp³-hybridized carbons (Fsp3) is 0.400. The van der Waals surface area contributed by atoms with E-state index in [0.29, 0.717) is 5.13 Å². The van der Waals surface area contributed by atoms with Crippen molar-refractivity contribution in [2.75, 3.05) is 19.4 Å². The van der Waals surface area contributed by atoms with Crippen LogP contribution in [0.3, 0.4) is 0 Å². The van der Waals surface area contributed by atoms with Gasteiger partial charge in [-0.25, -0.2) is 18.1 Å². The van der Waals surface area contributed by atoms with Crippen LogP contribution in [-0.2, 0) is 10.0 Å². The third-order valence-corrected chi connectivity index (χ3v) is 4.78. The quantitative estimate of drug-likeness (QED) is 0.819. The van der Waals surface area contributed by atoms with Gasteiger partial charge in [0.05, 0.1) is 0 Å². The highest BCUT2D eigenvalue weighted by Crippen LogP contribution is 2.30. The molecule has 1 aromatic heterocycles. The van der Waals surface area contributed by atoms with Crippen molar-refractivity contribution in [3.05, 3.63) is 5.15 Å². The Morgan fingerprint density at radius 3 is 2.46 bits per heavy atom. The number of rotatable bonds is 3. The van der Waals surface area contributed by atoms with E-state index in [0.717, 1.165) is 11.3 Å². The van der Waals surface area contributed by atoms with E-state index in [1.54, 1.807) is 7.05 Å². The van der Waals surface area contributed by atoms with Crippen molar-refractivity contribution >= 4 is 38.1 Å². The van der Waals surface area contributed by atoms with Crippen LogP contribution >= 0.6 is 22.9 Å². The molecule has 0 aromatic carbocycles. The molecule has 74 valence electrons. The average molecular weight is 242 g/mol. The number of thiazole rings is 1. The number of nitrogens with zero attached hydrogens (tertiary/aromatic N) is 1. The van der Waals surface area contributed by atoms with Gasteiger partial charge in [0.2, 0.25) is 0 Å². The maximum absolute atomic E-state index is 11.3. The van der Waals surface area contributed by atoms with Gasteiger partial charge in [0.1, 0.15) is 0 Å². The van der Waals surface area contributed by atoms with Crippen molar-refractivity contribution in [1.29, 1.82) is 0 Å². The maximum Gasteiger partial charge on any atom is 0.253 e. The molecule has 0 aliphatic carbocycles. The molecule has 0 fully saturated rings. The van der Waals surface area contributed by atoms with Crippen LogP contribution in [0.15, 0.2) is 4.21 Å². The lowest BCUT2D eigenvalue weighted by atomic mass is 11.0. The summed E-state index contributed by atoms with van der Waals surface area (Å²) in [5.74, 6) is 0. The van der Waals surface area contributed by atoms with Gasteiger partial charge in [-0.15, -0.1) is 0 Å². The average Bonchev–Trinajstić information content (AvgIpc) is 2.47. The van der Waals surface area contributed by atoms with Crippen molar-refractivity contribution in [2.45, 2.75) is 4.21 Å². The van der Waals surface area contributed by atoms with Crippen LogP contribution in [0.2, 0.25) is 5.15 Å². The van der Waals surface area contributed by atoms with Gasteiger partial charge in [0.15, 0.2) is 14.5 Å². The molecular weight excluding hydrogens is 234 g/mol. The first kappa shape index (κ1) is 10.7. The Balaban J connectivity index is 3.23. The van der Waals surface area contributed by atoms with Gasteiger partial charge in [0.25, 0.3) is 10.0 Å². The lowest BCUT2D eigenvalue weighted by Gasteiger charge is -1.96. The summed E-state index contributed by atoms with van der Waals surface area (Å²) in [6, 6.07) is 0. The SMILES string of the molecule is CNc1nc(Cl)c(S(=O)(=O)NC)s1. The number of hydrogen-bond donors (Lipinski definition) is 2. The van der Waals surface area contributed by atoms with Crippen molar-refractivity contribution in [2.24, 2.45) is 0 Å². The zero-order valence-corrected chi connectivity index (χ0v) is 9.35. The third kappa shape index (κ3) is 2.11. The van der Waals surface area contributed by atoms with Crippen molar-refractivity contribution < 1.29 is 8.42 Å². The maximum atomic E-state index is 11.3. The Labute approximate surface area is 85.2 Å². The summed E-state index contributed by atoms with van der Waals surface area (Å²) in [7, 11) is -0.516. The van der Waals surface area contributed by atoms with Gasteiger partial charge in [-0.2, -0.15) is 0 Å². The minimum Gasteiger partial charge on any atom is -0.365 e. The summed E-state index contributed by atoms with van der Waals surface area (Å²) >= 11 is 6.61. The summed E-state index contributed by atoms with van der Waals surface area (Å²) < 4.78 is 24.8. The van der Waals surface area contributed by atoms with E-state index < -0.39 is 10.0 Å². The van der Waals surface area contributed by atoms with Gasteiger partial charge < -0.3 is 5.32 Å². The van der Waals surface area contributed by atoms with E-state index in [1.807, 2.05) is 0 Å². The van der Waals surface area contributed by atoms with E-state index in [2.05, 4.69) is 15.0 Å². The molecular formula is C5H8ClN3O2S2. The molecule has 8 heteroatoms. The van der Waals surface area contributed by atoms with E-state index in [9.17, 15) is 8.42 Å². The second-order valence-electron chi connectivity index (χ2n) is 2.05. The summed E-state index contributed by atoms with van der Waals surface area (Å²) in [4.78, 5) is 3.80. The summed E-state index contributed by atoms with van der Waals surface area (Å²) in [6.07, 6.45) is 0. The smallest absolute Gasteiger partial charge is 0.253 e. The molecule has 0 bridgehead atoms. The van der Waals surface area contributed by atoms with Crippen molar-refractivity contribution in [3.63, 3.8) is 0 Å². The minimum atomic E-state index is -3.48. The molecule has 13 heavy (non-hydrogen) atoms. The lowest BCUT2D eigenvalue weighted by Crippen LogP contribution is -2.17. The molecule has 0 saturated carbocycles. The monoisotopic (exact) mass is 241 g/mol. The first-order valence-corrected chi connectivity index (χ1v) is 5.96. The second kappa shape index (κ2) is 3.79. The molecule has 0 spiro atoms. The number of sulfonamides is 1. The zero-order valence-electron chi connectivity index (χ0n) is 6.96. The zero-order chi connectivity index (χ0) is 10.1. The highest BCUT2D eigenvalue weighted by molar-refractivity contribution is 7.91. The molecule has 5 nitrogen and oxygen atoms in total. The minimum absolute atomic E-state index is 0.0105. The van der Waals surface area contributed by atoms with Crippen molar-refractivity contribution in [3.8, 4) is 0 Å². The number of hydrogen-bond acceptors (Lipinski definition) is 5. The van der Waals surface area contributed by atoms with Crippen LogP contribution in [-0.4, -0.2) is 27.5 Å². The van der Waals surface area contributed by atoms with Gasteiger partial charge in [0, 0.05) is 7.05 Å². The molecule has 1 rings (SSSR count).